The van der Waals surface area contributed by atoms with Crippen molar-refractivity contribution in [3.8, 4) is 17.6 Å². The van der Waals surface area contributed by atoms with Gasteiger partial charge in [0, 0.05) is 31.9 Å². The molecule has 2 aliphatic rings. The monoisotopic (exact) mass is 664 g/mol. The van der Waals surface area contributed by atoms with Crippen molar-refractivity contribution in [1.82, 2.24) is 15.2 Å². The van der Waals surface area contributed by atoms with Crippen LogP contribution in [0.5, 0.6) is 11.5 Å². The summed E-state index contributed by atoms with van der Waals surface area (Å²) in [5.74, 6) is 0.603. The number of carbonyl (C=O) groups excluding carboxylic acids is 3. The molecule has 12 heteroatoms. The summed E-state index contributed by atoms with van der Waals surface area (Å²) in [5.41, 5.74) is 1.77. The van der Waals surface area contributed by atoms with E-state index in [1.807, 2.05) is 68.4 Å². The van der Waals surface area contributed by atoms with Crippen LogP contribution in [-0.2, 0) is 9.53 Å². The zero-order chi connectivity index (χ0) is 34.0. The summed E-state index contributed by atoms with van der Waals surface area (Å²) in [6.07, 6.45) is 4.51. The van der Waals surface area contributed by atoms with Crippen LogP contribution in [0.1, 0.15) is 48.8 Å². The highest BCUT2D eigenvalue weighted by atomic mass is 32.1. The lowest BCUT2D eigenvalue weighted by molar-refractivity contribution is -0.128. The average Bonchev–Trinajstić information content (AvgIpc) is 3.44. The predicted octanol–water partition coefficient (Wildman–Crippen LogP) is 7.07. The number of anilines is 3. The molecule has 2 aliphatic heterocycles. The Kier molecular flexibility index (Phi) is 9.17. The molecule has 0 radical (unpaired) electrons. The first kappa shape index (κ1) is 32.7. The lowest BCUT2D eigenvalue weighted by Gasteiger charge is -2.33. The van der Waals surface area contributed by atoms with Crippen LogP contribution in [0.2, 0.25) is 0 Å². The van der Waals surface area contributed by atoms with Crippen molar-refractivity contribution in [2.45, 2.75) is 52.2 Å². The minimum Gasteiger partial charge on any atom is -0.457 e. The van der Waals surface area contributed by atoms with E-state index in [0.717, 1.165) is 5.56 Å². The molecular formula is C36H36N6O5S. The molecule has 4 amide bonds. The third kappa shape index (κ3) is 6.60. The number of nitriles is 1. The van der Waals surface area contributed by atoms with Gasteiger partial charge >= 0.3 is 6.03 Å². The van der Waals surface area contributed by atoms with Gasteiger partial charge in [-0.3, -0.25) is 14.5 Å². The zero-order valence-electron chi connectivity index (χ0n) is 27.2. The van der Waals surface area contributed by atoms with E-state index in [1.54, 1.807) is 42.0 Å². The van der Waals surface area contributed by atoms with E-state index in [1.165, 1.54) is 11.3 Å². The molecule has 0 saturated carbocycles. The van der Waals surface area contributed by atoms with Gasteiger partial charge in [0.15, 0.2) is 0 Å². The molecule has 4 heterocycles. The number of pyridine rings is 1. The molecule has 1 fully saturated rings. The molecular weight excluding hydrogens is 628 g/mol. The van der Waals surface area contributed by atoms with Gasteiger partial charge in [-0.15, -0.1) is 11.3 Å². The van der Waals surface area contributed by atoms with Crippen LogP contribution >= 0.6 is 11.3 Å². The molecule has 2 aromatic carbocycles. The number of nitrogens with one attached hydrogen (secondary N) is 2. The number of ether oxygens (including phenoxy) is 2. The molecule has 1 atom stereocenters. The number of rotatable bonds is 9. The van der Waals surface area contributed by atoms with Gasteiger partial charge in [0.25, 0.3) is 11.8 Å². The predicted molar refractivity (Wildman–Crippen MR) is 185 cm³/mol. The first-order chi connectivity index (χ1) is 23.1. The van der Waals surface area contributed by atoms with Gasteiger partial charge in [-0.2, -0.15) is 5.26 Å². The third-order valence-corrected chi connectivity index (χ3v) is 9.34. The summed E-state index contributed by atoms with van der Waals surface area (Å²) in [6, 6.07) is 18.0. The van der Waals surface area contributed by atoms with Crippen molar-refractivity contribution in [3.63, 3.8) is 0 Å². The Morgan fingerprint density at radius 2 is 1.96 bits per heavy atom. The number of urea groups is 1. The Morgan fingerprint density at radius 1 is 1.17 bits per heavy atom. The maximum absolute atomic E-state index is 13.7. The van der Waals surface area contributed by atoms with Gasteiger partial charge < -0.3 is 25.0 Å². The third-order valence-electron chi connectivity index (χ3n) is 8.24. The Morgan fingerprint density at radius 3 is 2.69 bits per heavy atom. The minimum atomic E-state index is -0.771. The normalized spacial score (nSPS) is 16.4. The Hall–Kier alpha value is -5.25. The highest BCUT2D eigenvalue weighted by molar-refractivity contribution is 7.21. The summed E-state index contributed by atoms with van der Waals surface area (Å²) in [4.78, 5) is 49.4. The fourth-order valence-corrected chi connectivity index (χ4v) is 7.18. The zero-order valence-corrected chi connectivity index (χ0v) is 28.0. The van der Waals surface area contributed by atoms with Crippen molar-refractivity contribution < 1.29 is 23.9 Å². The number of amides is 4. The van der Waals surface area contributed by atoms with E-state index in [0.29, 0.717) is 69.6 Å². The quantitative estimate of drug-likeness (QED) is 0.144. The molecule has 0 unspecified atom stereocenters. The number of hydrogen-bond acceptors (Lipinski definition) is 8. The highest BCUT2D eigenvalue weighted by Gasteiger charge is 2.35. The molecule has 6 rings (SSSR count). The maximum Gasteiger partial charge on any atom is 0.331 e. The number of nitrogens with zero attached hydrogens (tertiary/aromatic N) is 4. The number of thiophene rings is 1. The topological polar surface area (TPSA) is 137 Å². The van der Waals surface area contributed by atoms with Crippen LogP contribution in [0.15, 0.2) is 72.4 Å². The van der Waals surface area contributed by atoms with E-state index < -0.39 is 17.5 Å². The first-order valence-corrected chi connectivity index (χ1v) is 16.6. The molecule has 4 aromatic rings. The number of para-hydroxylation sites is 1. The van der Waals surface area contributed by atoms with Gasteiger partial charge in [-0.25, -0.2) is 9.78 Å². The van der Waals surface area contributed by atoms with Crippen molar-refractivity contribution in [2.75, 3.05) is 29.9 Å². The van der Waals surface area contributed by atoms with E-state index >= 15 is 0 Å². The lowest BCUT2D eigenvalue weighted by Crippen LogP contribution is -2.50. The molecule has 0 bridgehead atoms. The Balaban J connectivity index is 1.22. The van der Waals surface area contributed by atoms with E-state index in [2.05, 4.69) is 15.6 Å². The van der Waals surface area contributed by atoms with Gasteiger partial charge in [-0.1, -0.05) is 18.2 Å². The Labute approximate surface area is 282 Å². The first-order valence-electron chi connectivity index (χ1n) is 15.8. The molecule has 246 valence electrons. The van der Waals surface area contributed by atoms with Crippen molar-refractivity contribution in [2.24, 2.45) is 0 Å². The molecule has 0 aliphatic carbocycles. The molecule has 2 aromatic heterocycles. The molecule has 2 N–H and O–H groups in total. The molecule has 0 spiro atoms. The number of hydrogen-bond donors (Lipinski definition) is 2. The standard InChI is InChI=1S/C36H36N6O5S/c1-5-46-36(3,4)19-23(20-37)34(44)41-17-9-10-24(21-41)39-32(43)31-30-29-28(15-16-38-33(29)48-31)42(35(45)40-30)27-14-13-26(18-22(27)2)47-25-11-7-6-8-12-25/h6-8,11-16,18-19,24H,5,9-10,17,21H2,1-4H3,(H,39,43)(H,40,45)/b23-19+/t24-/m1/s1. The van der Waals surface area contributed by atoms with Crippen LogP contribution < -0.4 is 20.3 Å². The van der Waals surface area contributed by atoms with E-state index in [4.69, 9.17) is 9.47 Å². The van der Waals surface area contributed by atoms with Crippen LogP contribution in [0.3, 0.4) is 0 Å². The molecule has 1 saturated heterocycles. The largest absolute Gasteiger partial charge is 0.457 e. The molecule has 48 heavy (non-hydrogen) atoms. The number of aryl methyl sites for hydroxylation is 1. The van der Waals surface area contributed by atoms with Crippen LogP contribution in [0.4, 0.5) is 21.9 Å². The number of likely N-dealkylation sites (tertiary alicyclic amines) is 1. The number of carbonyl (C=O) groups is 3. The van der Waals surface area contributed by atoms with Crippen LogP contribution in [0.25, 0.3) is 10.2 Å². The van der Waals surface area contributed by atoms with Crippen molar-refractivity contribution >= 4 is 56.5 Å². The fourth-order valence-electron chi connectivity index (χ4n) is 6.15. The number of aromatic nitrogens is 1. The summed E-state index contributed by atoms with van der Waals surface area (Å²) in [5, 5.41) is 16.4. The molecule has 11 nitrogen and oxygen atoms in total. The smallest absolute Gasteiger partial charge is 0.331 e. The van der Waals surface area contributed by atoms with Gasteiger partial charge in [0.1, 0.15) is 32.8 Å². The van der Waals surface area contributed by atoms with Gasteiger partial charge in [-0.05, 0) is 88.6 Å². The second-order valence-corrected chi connectivity index (χ2v) is 13.2. The summed E-state index contributed by atoms with van der Waals surface area (Å²) >= 11 is 1.20. The summed E-state index contributed by atoms with van der Waals surface area (Å²) < 4.78 is 11.6. The Bertz CT molecular complexity index is 1960. The SMILES string of the molecule is CCOC(C)(C)/C=C(\C#N)C(=O)N1CCC[C@@H](NC(=O)c2sc3nccc4c3c2NC(=O)N4c2ccc(Oc3ccccc3)cc2C)C1. The van der Waals surface area contributed by atoms with Gasteiger partial charge in [0.05, 0.1) is 28.0 Å². The fraction of sp³-hybridized carbons (Fsp3) is 0.306. The number of benzene rings is 2. The van der Waals surface area contributed by atoms with Gasteiger partial charge in [0.2, 0.25) is 0 Å². The summed E-state index contributed by atoms with van der Waals surface area (Å²) in [6.45, 7) is 8.54. The van der Waals surface area contributed by atoms with Crippen LogP contribution in [0, 0.1) is 18.3 Å². The average molecular weight is 665 g/mol. The van der Waals surface area contributed by atoms with Crippen molar-refractivity contribution in [1.29, 1.82) is 5.26 Å². The van der Waals surface area contributed by atoms with Crippen molar-refractivity contribution in [3.05, 3.63) is 82.9 Å². The minimum absolute atomic E-state index is 0.00817. The second kappa shape index (κ2) is 13.5. The van der Waals surface area contributed by atoms with E-state index in [9.17, 15) is 19.6 Å². The second-order valence-electron chi connectivity index (χ2n) is 12.2. The number of piperidine rings is 1. The summed E-state index contributed by atoms with van der Waals surface area (Å²) in [7, 11) is 0. The van der Waals surface area contributed by atoms with Crippen LogP contribution in [-0.4, -0.2) is 59.1 Å². The highest BCUT2D eigenvalue weighted by Crippen LogP contribution is 2.46. The lowest BCUT2D eigenvalue weighted by atomic mass is 10.0. The van der Waals surface area contributed by atoms with E-state index in [-0.39, 0.29) is 24.1 Å². The maximum atomic E-state index is 13.7.